The van der Waals surface area contributed by atoms with Gasteiger partial charge in [0.1, 0.15) is 0 Å². The molecule has 1 heterocycles. The zero-order valence-electron chi connectivity index (χ0n) is 15.5. The molecule has 134 valence electrons. The van der Waals surface area contributed by atoms with Crippen LogP contribution in [-0.4, -0.2) is 21.7 Å². The van der Waals surface area contributed by atoms with Crippen molar-refractivity contribution in [3.8, 4) is 0 Å². The van der Waals surface area contributed by atoms with Gasteiger partial charge in [0.2, 0.25) is 5.95 Å². The molecule has 1 aromatic heterocycles. The fraction of sp³-hybridized carbons (Fsp3) is 0.286. The number of para-hydroxylation sites is 1. The van der Waals surface area contributed by atoms with Gasteiger partial charge in [-0.05, 0) is 36.0 Å². The van der Waals surface area contributed by atoms with Crippen LogP contribution < -0.4 is 10.6 Å². The third kappa shape index (κ3) is 4.57. The van der Waals surface area contributed by atoms with Crippen molar-refractivity contribution in [2.75, 3.05) is 17.2 Å². The first-order valence-electron chi connectivity index (χ1n) is 8.97. The number of benzene rings is 2. The highest BCUT2D eigenvalue weighted by Gasteiger charge is 2.10. The molecule has 26 heavy (non-hydrogen) atoms. The molecule has 3 aromatic rings. The Morgan fingerprint density at radius 1 is 1.00 bits per heavy atom. The van der Waals surface area contributed by atoms with Crippen molar-refractivity contribution in [3.63, 3.8) is 0 Å². The number of aryl methyl sites for hydroxylation is 1. The Morgan fingerprint density at radius 2 is 1.81 bits per heavy atom. The van der Waals surface area contributed by atoms with Gasteiger partial charge in [0.15, 0.2) is 5.82 Å². The number of hydrogen-bond donors (Lipinski definition) is 2. The van der Waals surface area contributed by atoms with Gasteiger partial charge in [0.05, 0.1) is 6.20 Å². The maximum absolute atomic E-state index is 4.54. The summed E-state index contributed by atoms with van der Waals surface area (Å²) in [6, 6.07) is 16.7. The normalized spacial score (nSPS) is 10.8. The van der Waals surface area contributed by atoms with Gasteiger partial charge < -0.3 is 10.6 Å². The van der Waals surface area contributed by atoms with E-state index in [1.54, 1.807) is 6.20 Å². The number of aromatic nitrogens is 3. The Morgan fingerprint density at radius 3 is 2.58 bits per heavy atom. The van der Waals surface area contributed by atoms with Crippen molar-refractivity contribution in [2.45, 2.75) is 33.1 Å². The summed E-state index contributed by atoms with van der Waals surface area (Å²) in [5.74, 6) is 1.65. The zero-order chi connectivity index (χ0) is 18.4. The lowest BCUT2D eigenvalue weighted by molar-refractivity contribution is 0.866. The number of nitrogens with zero attached hydrogens (tertiary/aromatic N) is 3. The largest absolute Gasteiger partial charge is 0.353 e. The van der Waals surface area contributed by atoms with Gasteiger partial charge >= 0.3 is 0 Å². The Hall–Kier alpha value is -2.95. The summed E-state index contributed by atoms with van der Waals surface area (Å²) in [5, 5.41) is 14.8. The van der Waals surface area contributed by atoms with Crippen LogP contribution in [0.2, 0.25) is 0 Å². The smallest absolute Gasteiger partial charge is 0.244 e. The van der Waals surface area contributed by atoms with E-state index in [1.807, 2.05) is 18.2 Å². The van der Waals surface area contributed by atoms with E-state index in [0.717, 1.165) is 18.7 Å². The van der Waals surface area contributed by atoms with Crippen LogP contribution in [0.15, 0.2) is 54.7 Å². The van der Waals surface area contributed by atoms with Crippen molar-refractivity contribution < 1.29 is 0 Å². The zero-order valence-corrected chi connectivity index (χ0v) is 15.5. The summed E-state index contributed by atoms with van der Waals surface area (Å²) in [4.78, 5) is 4.54. The Balaban J connectivity index is 1.68. The van der Waals surface area contributed by atoms with Crippen molar-refractivity contribution in [1.29, 1.82) is 0 Å². The van der Waals surface area contributed by atoms with Gasteiger partial charge in [-0.2, -0.15) is 10.1 Å². The molecular weight excluding hydrogens is 322 g/mol. The highest BCUT2D eigenvalue weighted by atomic mass is 15.3. The first-order chi connectivity index (χ1) is 12.6. The van der Waals surface area contributed by atoms with Crippen LogP contribution in [0, 0.1) is 6.92 Å². The quantitative estimate of drug-likeness (QED) is 0.648. The molecule has 0 fully saturated rings. The number of hydrogen-bond acceptors (Lipinski definition) is 5. The Bertz CT molecular complexity index is 846. The Labute approximate surface area is 154 Å². The predicted octanol–water partition coefficient (Wildman–Crippen LogP) is 4.70. The molecule has 0 saturated heterocycles. The van der Waals surface area contributed by atoms with Crippen molar-refractivity contribution in [3.05, 3.63) is 71.4 Å². The molecule has 0 bridgehead atoms. The molecule has 0 atom stereocenters. The summed E-state index contributed by atoms with van der Waals surface area (Å²) in [7, 11) is 0. The van der Waals surface area contributed by atoms with Crippen molar-refractivity contribution in [1.82, 2.24) is 15.2 Å². The molecule has 0 aliphatic heterocycles. The maximum atomic E-state index is 4.54. The minimum Gasteiger partial charge on any atom is -0.353 e. The summed E-state index contributed by atoms with van der Waals surface area (Å²) < 4.78 is 0. The van der Waals surface area contributed by atoms with Crippen LogP contribution >= 0.6 is 0 Å². The lowest BCUT2D eigenvalue weighted by Gasteiger charge is -2.16. The molecule has 2 aromatic carbocycles. The lowest BCUT2D eigenvalue weighted by Crippen LogP contribution is -2.10. The van der Waals surface area contributed by atoms with Crippen LogP contribution in [0.4, 0.5) is 17.5 Å². The van der Waals surface area contributed by atoms with Gasteiger partial charge in [0, 0.05) is 12.2 Å². The summed E-state index contributed by atoms with van der Waals surface area (Å²) >= 11 is 0. The van der Waals surface area contributed by atoms with E-state index in [2.05, 4.69) is 76.9 Å². The minimum absolute atomic E-state index is 0.427. The molecule has 5 heteroatoms. The molecule has 0 spiro atoms. The van der Waals surface area contributed by atoms with Crippen molar-refractivity contribution in [2.24, 2.45) is 0 Å². The summed E-state index contributed by atoms with van der Waals surface area (Å²) in [6.07, 6.45) is 2.57. The molecule has 0 amide bonds. The molecule has 0 aliphatic carbocycles. The fourth-order valence-electron chi connectivity index (χ4n) is 2.87. The number of rotatable bonds is 7. The fourth-order valence-corrected chi connectivity index (χ4v) is 2.87. The third-order valence-electron chi connectivity index (χ3n) is 4.28. The van der Waals surface area contributed by atoms with Crippen LogP contribution in [-0.2, 0) is 6.42 Å². The second kappa shape index (κ2) is 8.43. The van der Waals surface area contributed by atoms with E-state index in [9.17, 15) is 0 Å². The highest BCUT2D eigenvalue weighted by Crippen LogP contribution is 2.29. The van der Waals surface area contributed by atoms with Crippen LogP contribution in [0.5, 0.6) is 0 Å². The van der Waals surface area contributed by atoms with Crippen LogP contribution in [0.3, 0.4) is 0 Å². The second-order valence-electron chi connectivity index (χ2n) is 6.65. The molecule has 3 rings (SSSR count). The third-order valence-corrected chi connectivity index (χ3v) is 4.28. The molecule has 0 saturated carbocycles. The van der Waals surface area contributed by atoms with E-state index in [4.69, 9.17) is 0 Å². The average Bonchev–Trinajstić information content (AvgIpc) is 2.64. The van der Waals surface area contributed by atoms with E-state index in [1.165, 1.54) is 16.7 Å². The first-order valence-corrected chi connectivity index (χ1v) is 8.97. The molecule has 0 unspecified atom stereocenters. The molecular formula is C21H25N5. The summed E-state index contributed by atoms with van der Waals surface area (Å²) in [5.41, 5.74) is 4.83. The van der Waals surface area contributed by atoms with Crippen LogP contribution in [0.1, 0.15) is 36.5 Å². The van der Waals surface area contributed by atoms with Gasteiger partial charge in [-0.15, -0.1) is 5.10 Å². The van der Waals surface area contributed by atoms with E-state index in [0.29, 0.717) is 17.7 Å². The average molecular weight is 347 g/mol. The predicted molar refractivity (Wildman–Crippen MR) is 107 cm³/mol. The van der Waals surface area contributed by atoms with Gasteiger partial charge in [0.25, 0.3) is 0 Å². The van der Waals surface area contributed by atoms with Gasteiger partial charge in [-0.3, -0.25) is 0 Å². The van der Waals surface area contributed by atoms with Gasteiger partial charge in [-0.1, -0.05) is 62.4 Å². The summed E-state index contributed by atoms with van der Waals surface area (Å²) in [6.45, 7) is 7.24. The standard InChI is InChI=1S/C21H25N5/c1-15(2)18-11-7-8-16(3)20(18)24-19-14-23-26-21(25-19)22-13-12-17-9-5-4-6-10-17/h4-11,14-15H,12-13H2,1-3H3,(H2,22,24,25,26). The topological polar surface area (TPSA) is 62.7 Å². The van der Waals surface area contributed by atoms with Crippen LogP contribution in [0.25, 0.3) is 0 Å². The van der Waals surface area contributed by atoms with Crippen molar-refractivity contribution >= 4 is 17.5 Å². The van der Waals surface area contributed by atoms with Gasteiger partial charge in [-0.25, -0.2) is 0 Å². The second-order valence-corrected chi connectivity index (χ2v) is 6.65. The first kappa shape index (κ1) is 17.9. The number of nitrogens with one attached hydrogen (secondary N) is 2. The minimum atomic E-state index is 0.427. The molecule has 0 radical (unpaired) electrons. The lowest BCUT2D eigenvalue weighted by atomic mass is 9.98. The van der Waals surface area contributed by atoms with E-state index < -0.39 is 0 Å². The monoisotopic (exact) mass is 347 g/mol. The highest BCUT2D eigenvalue weighted by molar-refractivity contribution is 5.65. The SMILES string of the molecule is Cc1cccc(C(C)C)c1Nc1cnnc(NCCc2ccccc2)n1. The van der Waals surface area contributed by atoms with E-state index in [-0.39, 0.29) is 0 Å². The number of anilines is 3. The molecule has 2 N–H and O–H groups in total. The molecule has 0 aliphatic rings. The molecule has 5 nitrogen and oxygen atoms in total. The maximum Gasteiger partial charge on any atom is 0.244 e. The Kier molecular flexibility index (Phi) is 5.79. The van der Waals surface area contributed by atoms with E-state index >= 15 is 0 Å².